The topological polar surface area (TPSA) is 26.0 Å². The smallest absolute Gasteiger partial charge is 0.0443 e. The first-order chi connectivity index (χ1) is 7.81. The van der Waals surface area contributed by atoms with Crippen LogP contribution in [-0.4, -0.2) is 6.54 Å². The van der Waals surface area contributed by atoms with Crippen LogP contribution in [0.5, 0.6) is 0 Å². The lowest BCUT2D eigenvalue weighted by molar-refractivity contribution is 0.443. The monoisotopic (exact) mass is 237 g/mol. The van der Waals surface area contributed by atoms with Crippen molar-refractivity contribution in [3.05, 3.63) is 34.3 Å². The predicted octanol–water partition coefficient (Wildman–Crippen LogP) is 3.89. The van der Waals surface area contributed by atoms with Gasteiger partial charge in [-0.15, -0.1) is 0 Å². The molecule has 0 atom stereocenters. The normalized spacial score (nSPS) is 17.6. The van der Waals surface area contributed by atoms with E-state index < -0.39 is 0 Å². The molecule has 1 aromatic carbocycles. The summed E-state index contributed by atoms with van der Waals surface area (Å²) in [4.78, 5) is 0. The van der Waals surface area contributed by atoms with Gasteiger partial charge in [0.2, 0.25) is 0 Å². The minimum absolute atomic E-state index is 0.688. The summed E-state index contributed by atoms with van der Waals surface area (Å²) in [5.74, 6) is 0.688. The number of rotatable bonds is 3. The Bertz CT molecular complexity index is 343. The Morgan fingerprint density at radius 3 is 2.56 bits per heavy atom. The van der Waals surface area contributed by atoms with E-state index in [1.807, 2.05) is 0 Å². The lowest BCUT2D eigenvalue weighted by Gasteiger charge is -2.23. The number of nitrogens with two attached hydrogens (primary N) is 1. The molecule has 0 heterocycles. The van der Waals surface area contributed by atoms with Crippen LogP contribution in [0.2, 0.25) is 5.02 Å². The van der Waals surface area contributed by atoms with Crippen LogP contribution < -0.4 is 5.73 Å². The minimum Gasteiger partial charge on any atom is -0.330 e. The van der Waals surface area contributed by atoms with Crippen molar-refractivity contribution in [3.63, 3.8) is 0 Å². The third-order valence-corrected chi connectivity index (χ3v) is 3.87. The van der Waals surface area contributed by atoms with Gasteiger partial charge in [0.15, 0.2) is 0 Å². The van der Waals surface area contributed by atoms with Crippen molar-refractivity contribution in [3.8, 4) is 0 Å². The molecule has 1 aromatic rings. The Hall–Kier alpha value is -0.530. The lowest BCUT2D eigenvalue weighted by atomic mass is 9.84. The van der Waals surface area contributed by atoms with Gasteiger partial charge in [-0.05, 0) is 48.9 Å². The second-order valence-electron chi connectivity index (χ2n) is 4.73. The van der Waals surface area contributed by atoms with Gasteiger partial charge in [-0.25, -0.2) is 0 Å². The first kappa shape index (κ1) is 11.9. The highest BCUT2D eigenvalue weighted by atomic mass is 35.5. The zero-order valence-corrected chi connectivity index (χ0v) is 10.5. The predicted molar refractivity (Wildman–Crippen MR) is 70.0 cm³/mol. The summed E-state index contributed by atoms with van der Waals surface area (Å²) in [6.45, 7) is 0.694. The van der Waals surface area contributed by atoms with E-state index in [0.29, 0.717) is 12.5 Å². The fraction of sp³-hybridized carbons (Fsp3) is 0.571. The van der Waals surface area contributed by atoms with E-state index in [1.165, 1.54) is 43.2 Å². The van der Waals surface area contributed by atoms with Crippen molar-refractivity contribution >= 4 is 11.6 Å². The van der Waals surface area contributed by atoms with Gasteiger partial charge in [-0.2, -0.15) is 0 Å². The second kappa shape index (κ2) is 5.70. The van der Waals surface area contributed by atoms with Crippen LogP contribution >= 0.6 is 11.6 Å². The van der Waals surface area contributed by atoms with Crippen LogP contribution in [0.1, 0.15) is 49.1 Å². The fourth-order valence-corrected chi connectivity index (χ4v) is 2.99. The molecule has 0 aromatic heterocycles. The first-order valence-electron chi connectivity index (χ1n) is 6.29. The molecule has 1 nitrogen and oxygen atoms in total. The summed E-state index contributed by atoms with van der Waals surface area (Å²) in [6.07, 6.45) is 7.62. The summed E-state index contributed by atoms with van der Waals surface area (Å²) in [5.41, 5.74) is 8.15. The molecule has 16 heavy (non-hydrogen) atoms. The van der Waals surface area contributed by atoms with Gasteiger partial charge in [0.1, 0.15) is 0 Å². The van der Waals surface area contributed by atoms with Crippen LogP contribution in [0.15, 0.2) is 18.2 Å². The van der Waals surface area contributed by atoms with Crippen LogP contribution in [0.4, 0.5) is 0 Å². The average Bonchev–Trinajstić information content (AvgIpc) is 2.31. The van der Waals surface area contributed by atoms with Crippen molar-refractivity contribution in [1.29, 1.82) is 0 Å². The molecule has 0 saturated heterocycles. The van der Waals surface area contributed by atoms with Crippen LogP contribution in [-0.2, 0) is 6.42 Å². The minimum atomic E-state index is 0.688. The molecule has 0 spiro atoms. The molecular formula is C14H20ClN. The summed E-state index contributed by atoms with van der Waals surface area (Å²) in [5, 5.41) is 0.942. The van der Waals surface area contributed by atoms with Crippen LogP contribution in [0.25, 0.3) is 0 Å². The molecule has 0 bridgehead atoms. The van der Waals surface area contributed by atoms with Gasteiger partial charge in [-0.1, -0.05) is 43.0 Å². The molecule has 2 N–H and O–H groups in total. The Kier molecular flexibility index (Phi) is 4.25. The van der Waals surface area contributed by atoms with Gasteiger partial charge in [0, 0.05) is 5.02 Å². The molecule has 88 valence electrons. The molecule has 2 rings (SSSR count). The highest BCUT2D eigenvalue weighted by molar-refractivity contribution is 6.31. The van der Waals surface area contributed by atoms with E-state index in [-0.39, 0.29) is 0 Å². The molecule has 2 heteroatoms. The average molecular weight is 238 g/mol. The molecule has 1 aliphatic rings. The van der Waals surface area contributed by atoms with Gasteiger partial charge in [0.25, 0.3) is 0 Å². The summed E-state index contributed by atoms with van der Waals surface area (Å²) >= 11 is 6.36. The highest BCUT2D eigenvalue weighted by Gasteiger charge is 2.17. The van der Waals surface area contributed by atoms with Crippen molar-refractivity contribution in [2.75, 3.05) is 6.54 Å². The number of halogens is 1. The molecule has 1 aliphatic carbocycles. The quantitative estimate of drug-likeness (QED) is 0.848. The van der Waals surface area contributed by atoms with E-state index in [1.54, 1.807) is 0 Å². The molecule has 0 amide bonds. The molecule has 1 saturated carbocycles. The first-order valence-corrected chi connectivity index (χ1v) is 6.67. The van der Waals surface area contributed by atoms with E-state index in [9.17, 15) is 0 Å². The van der Waals surface area contributed by atoms with Crippen molar-refractivity contribution < 1.29 is 0 Å². The van der Waals surface area contributed by atoms with Crippen molar-refractivity contribution in [2.45, 2.75) is 44.4 Å². The lowest BCUT2D eigenvalue weighted by Crippen LogP contribution is -2.06. The van der Waals surface area contributed by atoms with Gasteiger partial charge >= 0.3 is 0 Å². The standard InChI is InChI=1S/C14H20ClN/c15-14-10-11(8-9-16)6-7-13(14)12-4-2-1-3-5-12/h6-7,10,12H,1-5,8-9,16H2. The maximum absolute atomic E-state index is 6.36. The molecule has 0 aliphatic heterocycles. The largest absolute Gasteiger partial charge is 0.330 e. The molecule has 0 radical (unpaired) electrons. The molecular weight excluding hydrogens is 218 g/mol. The summed E-state index contributed by atoms with van der Waals surface area (Å²) in [6, 6.07) is 6.49. The zero-order chi connectivity index (χ0) is 11.4. The van der Waals surface area contributed by atoms with Crippen LogP contribution in [0.3, 0.4) is 0 Å². The Labute approximate surface area is 103 Å². The number of hydrogen-bond acceptors (Lipinski definition) is 1. The molecule has 0 unspecified atom stereocenters. The number of benzene rings is 1. The Balaban J connectivity index is 2.14. The molecule has 1 fully saturated rings. The number of hydrogen-bond donors (Lipinski definition) is 1. The summed E-state index contributed by atoms with van der Waals surface area (Å²) < 4.78 is 0. The Morgan fingerprint density at radius 1 is 1.19 bits per heavy atom. The van der Waals surface area contributed by atoms with Crippen molar-refractivity contribution in [2.24, 2.45) is 5.73 Å². The fourth-order valence-electron chi connectivity index (χ4n) is 2.64. The van der Waals surface area contributed by atoms with E-state index in [2.05, 4.69) is 18.2 Å². The third-order valence-electron chi connectivity index (χ3n) is 3.54. The van der Waals surface area contributed by atoms with E-state index >= 15 is 0 Å². The van der Waals surface area contributed by atoms with E-state index in [4.69, 9.17) is 17.3 Å². The third kappa shape index (κ3) is 2.78. The Morgan fingerprint density at radius 2 is 1.94 bits per heavy atom. The second-order valence-corrected chi connectivity index (χ2v) is 5.14. The van der Waals surface area contributed by atoms with Gasteiger partial charge in [-0.3, -0.25) is 0 Å². The SMILES string of the molecule is NCCc1ccc(C2CCCCC2)c(Cl)c1. The van der Waals surface area contributed by atoms with E-state index in [0.717, 1.165) is 11.4 Å². The van der Waals surface area contributed by atoms with Gasteiger partial charge < -0.3 is 5.73 Å². The highest BCUT2D eigenvalue weighted by Crippen LogP contribution is 2.36. The van der Waals surface area contributed by atoms with Crippen LogP contribution in [0, 0.1) is 0 Å². The van der Waals surface area contributed by atoms with Crippen molar-refractivity contribution in [1.82, 2.24) is 0 Å². The van der Waals surface area contributed by atoms with Gasteiger partial charge in [0.05, 0.1) is 0 Å². The maximum Gasteiger partial charge on any atom is 0.0443 e. The summed E-state index contributed by atoms with van der Waals surface area (Å²) in [7, 11) is 0. The maximum atomic E-state index is 6.36. The zero-order valence-electron chi connectivity index (χ0n) is 9.71.